The van der Waals surface area contributed by atoms with E-state index in [1.807, 2.05) is 19.9 Å². The number of ether oxygens (including phenoxy) is 1. The Bertz CT molecular complexity index is 455. The van der Waals surface area contributed by atoms with E-state index in [9.17, 15) is 4.79 Å². The molecule has 0 saturated heterocycles. The predicted octanol–water partition coefficient (Wildman–Crippen LogP) is 1.08. The summed E-state index contributed by atoms with van der Waals surface area (Å²) >= 11 is 0. The molecule has 0 aromatic carbocycles. The maximum absolute atomic E-state index is 11.2. The van der Waals surface area contributed by atoms with Crippen LogP contribution in [0, 0.1) is 17.2 Å². The molecule has 0 radical (unpaired) electrons. The Labute approximate surface area is 105 Å². The van der Waals surface area contributed by atoms with Crippen molar-refractivity contribution in [2.75, 3.05) is 18.7 Å². The molecule has 0 spiro atoms. The molecule has 0 aliphatic rings. The lowest BCUT2D eigenvalue weighted by molar-refractivity contribution is 0.169. The van der Waals surface area contributed by atoms with Gasteiger partial charge in [-0.15, -0.1) is 0 Å². The maximum atomic E-state index is 11.2. The van der Waals surface area contributed by atoms with Gasteiger partial charge in [-0.1, -0.05) is 13.8 Å². The summed E-state index contributed by atoms with van der Waals surface area (Å²) in [4.78, 5) is 19.0. The first-order chi connectivity index (χ1) is 8.56. The molecule has 96 valence electrons. The Morgan fingerprint density at radius 1 is 1.67 bits per heavy atom. The average molecular weight is 249 g/mol. The second kappa shape index (κ2) is 6.39. The fraction of sp³-hybridized carbons (Fsp3) is 0.455. The van der Waals surface area contributed by atoms with Gasteiger partial charge in [0.25, 0.3) is 0 Å². The summed E-state index contributed by atoms with van der Waals surface area (Å²) in [5.74, 6) is 0.788. The van der Waals surface area contributed by atoms with Gasteiger partial charge in [0.2, 0.25) is 5.82 Å². The minimum absolute atomic E-state index is 0.0490. The molecule has 18 heavy (non-hydrogen) atoms. The zero-order chi connectivity index (χ0) is 13.5. The normalized spacial score (nSPS) is 9.72. The molecule has 0 unspecified atom stereocenters. The lowest BCUT2D eigenvalue weighted by atomic mass is 10.2. The highest BCUT2D eigenvalue weighted by molar-refractivity contribution is 5.69. The number of anilines is 1. The van der Waals surface area contributed by atoms with Crippen molar-refractivity contribution in [3.63, 3.8) is 0 Å². The largest absolute Gasteiger partial charge is 0.452 e. The van der Waals surface area contributed by atoms with Gasteiger partial charge >= 0.3 is 6.09 Å². The molecule has 0 aliphatic heterocycles. The summed E-state index contributed by atoms with van der Waals surface area (Å²) in [7, 11) is 1.28. The highest BCUT2D eigenvalue weighted by atomic mass is 16.5. The Hall–Kier alpha value is -2.36. The number of carbonyl (C=O) groups excluding carboxylic acids is 1. The average Bonchev–Trinajstić information content (AvgIpc) is 2.37. The van der Waals surface area contributed by atoms with E-state index in [-0.39, 0.29) is 5.82 Å². The van der Waals surface area contributed by atoms with Gasteiger partial charge in [-0.05, 0) is 5.92 Å². The molecule has 7 heteroatoms. The molecule has 0 bridgehead atoms. The van der Waals surface area contributed by atoms with Crippen LogP contribution in [0.1, 0.15) is 19.7 Å². The van der Waals surface area contributed by atoms with Crippen LogP contribution in [0.15, 0.2) is 12.3 Å². The van der Waals surface area contributed by atoms with Gasteiger partial charge in [0.05, 0.1) is 7.11 Å². The topological polar surface area (TPSA) is 91.1 Å². The van der Waals surface area contributed by atoms with Gasteiger partial charge < -0.3 is 4.74 Å². The molecule has 0 aliphatic carbocycles. The number of hydrogen-bond donors (Lipinski definition) is 1. The van der Waals surface area contributed by atoms with Crippen molar-refractivity contribution >= 4 is 11.9 Å². The Morgan fingerprint density at radius 2 is 2.39 bits per heavy atom. The highest BCUT2D eigenvalue weighted by Gasteiger charge is 2.14. The zero-order valence-corrected chi connectivity index (χ0v) is 10.5. The minimum Gasteiger partial charge on any atom is -0.452 e. The Kier molecular flexibility index (Phi) is 4.87. The Balaban J connectivity index is 2.93. The number of hydrazine groups is 1. The third-order valence-electron chi connectivity index (χ3n) is 1.98. The number of nitriles is 1. The van der Waals surface area contributed by atoms with E-state index >= 15 is 0 Å². The van der Waals surface area contributed by atoms with Gasteiger partial charge in [0.1, 0.15) is 6.07 Å². The lowest BCUT2D eigenvalue weighted by Gasteiger charge is -2.24. The first kappa shape index (κ1) is 13.7. The fourth-order valence-corrected chi connectivity index (χ4v) is 1.27. The molecule has 0 atom stereocenters. The SMILES string of the molecule is COC(=O)NN(CC(C)C)c1ccnc(C#N)n1. The predicted molar refractivity (Wildman–Crippen MR) is 64.5 cm³/mol. The smallest absolute Gasteiger partial charge is 0.425 e. The number of nitrogens with one attached hydrogen (secondary N) is 1. The number of aromatic nitrogens is 2. The van der Waals surface area contributed by atoms with Crippen molar-refractivity contribution < 1.29 is 9.53 Å². The van der Waals surface area contributed by atoms with Crippen LogP contribution in [0.3, 0.4) is 0 Å². The van der Waals surface area contributed by atoms with Crippen LogP contribution in [0.5, 0.6) is 0 Å². The van der Waals surface area contributed by atoms with Crippen LogP contribution < -0.4 is 10.4 Å². The van der Waals surface area contributed by atoms with Gasteiger partial charge in [-0.2, -0.15) is 10.2 Å². The van der Waals surface area contributed by atoms with Crippen molar-refractivity contribution in [2.45, 2.75) is 13.8 Å². The van der Waals surface area contributed by atoms with Crippen molar-refractivity contribution in [3.05, 3.63) is 18.1 Å². The lowest BCUT2D eigenvalue weighted by Crippen LogP contribution is -2.45. The first-order valence-corrected chi connectivity index (χ1v) is 5.42. The standard InChI is InChI=1S/C11H15N5O2/c1-8(2)7-16(15-11(17)18-3)10-4-5-13-9(6-12)14-10/h4-5,8H,7H2,1-3H3,(H,15,17). The highest BCUT2D eigenvalue weighted by Crippen LogP contribution is 2.10. The third-order valence-corrected chi connectivity index (χ3v) is 1.98. The number of rotatable bonds is 4. The third kappa shape index (κ3) is 3.90. The summed E-state index contributed by atoms with van der Waals surface area (Å²) in [6.45, 7) is 4.54. The van der Waals surface area contributed by atoms with E-state index < -0.39 is 6.09 Å². The van der Waals surface area contributed by atoms with Crippen molar-refractivity contribution in [3.8, 4) is 6.07 Å². The summed E-state index contributed by atoms with van der Waals surface area (Å²) in [6, 6.07) is 3.46. The zero-order valence-electron chi connectivity index (χ0n) is 10.5. The van der Waals surface area contributed by atoms with E-state index in [4.69, 9.17) is 5.26 Å². The van der Waals surface area contributed by atoms with E-state index in [0.29, 0.717) is 18.3 Å². The minimum atomic E-state index is -0.590. The number of nitrogens with zero attached hydrogens (tertiary/aromatic N) is 4. The molecule has 1 amide bonds. The first-order valence-electron chi connectivity index (χ1n) is 5.42. The summed E-state index contributed by atoms with van der Waals surface area (Å²) < 4.78 is 4.54. The molecule has 0 fully saturated rings. The number of hydrogen-bond acceptors (Lipinski definition) is 6. The quantitative estimate of drug-likeness (QED) is 0.803. The van der Waals surface area contributed by atoms with Gasteiger partial charge in [-0.25, -0.2) is 15.2 Å². The van der Waals surface area contributed by atoms with Gasteiger partial charge in [0, 0.05) is 18.8 Å². The number of methoxy groups -OCH3 is 1. The second-order valence-electron chi connectivity index (χ2n) is 3.96. The molecule has 1 heterocycles. The molecular weight excluding hydrogens is 234 g/mol. The van der Waals surface area contributed by atoms with E-state index in [1.54, 1.807) is 6.07 Å². The molecule has 7 nitrogen and oxygen atoms in total. The van der Waals surface area contributed by atoms with Gasteiger partial charge in [0.15, 0.2) is 5.82 Å². The fourth-order valence-electron chi connectivity index (χ4n) is 1.27. The summed E-state index contributed by atoms with van der Waals surface area (Å²) in [5, 5.41) is 10.3. The van der Waals surface area contributed by atoms with Crippen LogP contribution in [-0.2, 0) is 4.74 Å². The van der Waals surface area contributed by atoms with E-state index in [0.717, 1.165) is 0 Å². The Morgan fingerprint density at radius 3 is 2.94 bits per heavy atom. The number of amides is 1. The van der Waals surface area contributed by atoms with Crippen molar-refractivity contribution in [2.24, 2.45) is 5.92 Å². The van der Waals surface area contributed by atoms with Crippen LogP contribution in [0.25, 0.3) is 0 Å². The molecular formula is C11H15N5O2. The molecule has 1 aromatic rings. The van der Waals surface area contributed by atoms with E-state index in [1.165, 1.54) is 18.3 Å². The molecule has 0 saturated carbocycles. The second-order valence-corrected chi connectivity index (χ2v) is 3.96. The van der Waals surface area contributed by atoms with Crippen molar-refractivity contribution in [1.82, 2.24) is 15.4 Å². The molecule has 1 N–H and O–H groups in total. The van der Waals surface area contributed by atoms with Crippen LogP contribution in [0.4, 0.5) is 10.6 Å². The molecule has 1 rings (SSSR count). The summed E-state index contributed by atoms with van der Waals surface area (Å²) in [5.41, 5.74) is 2.54. The monoisotopic (exact) mass is 249 g/mol. The maximum Gasteiger partial charge on any atom is 0.425 e. The molecule has 1 aromatic heterocycles. The van der Waals surface area contributed by atoms with Crippen LogP contribution in [-0.4, -0.2) is 29.7 Å². The van der Waals surface area contributed by atoms with E-state index in [2.05, 4.69) is 20.1 Å². The van der Waals surface area contributed by atoms with Crippen molar-refractivity contribution in [1.29, 1.82) is 5.26 Å². The number of carbonyl (C=O) groups is 1. The van der Waals surface area contributed by atoms with Crippen LogP contribution >= 0.6 is 0 Å². The van der Waals surface area contributed by atoms with Crippen LogP contribution in [0.2, 0.25) is 0 Å². The summed E-state index contributed by atoms with van der Waals surface area (Å²) in [6.07, 6.45) is 0.875. The van der Waals surface area contributed by atoms with Gasteiger partial charge in [-0.3, -0.25) is 5.01 Å².